The fourth-order valence-electron chi connectivity index (χ4n) is 1.81. The quantitative estimate of drug-likeness (QED) is 0.736. The molecule has 1 aromatic rings. The lowest BCUT2D eigenvalue weighted by Gasteiger charge is -2.09. The van der Waals surface area contributed by atoms with Gasteiger partial charge in [0.25, 0.3) is 0 Å². The van der Waals surface area contributed by atoms with E-state index in [1.165, 1.54) is 18.4 Å². The second-order valence-electron chi connectivity index (χ2n) is 4.67. The van der Waals surface area contributed by atoms with Gasteiger partial charge >= 0.3 is 0 Å². The van der Waals surface area contributed by atoms with Crippen LogP contribution >= 0.6 is 0 Å². The van der Waals surface area contributed by atoms with Gasteiger partial charge < -0.3 is 10.6 Å². The Bertz CT molecular complexity index is 416. The van der Waals surface area contributed by atoms with Crippen molar-refractivity contribution in [3.8, 4) is 6.07 Å². The van der Waals surface area contributed by atoms with Gasteiger partial charge in [-0.2, -0.15) is 5.26 Å². The molecule has 1 aliphatic rings. The molecule has 2 rings (SSSR count). The van der Waals surface area contributed by atoms with Crippen LogP contribution in [0.2, 0.25) is 0 Å². The summed E-state index contributed by atoms with van der Waals surface area (Å²) in [5.41, 5.74) is 2.87. The largest absolute Gasteiger partial charge is 0.384 e. The molecular formula is C14H19N3. The molecule has 0 heterocycles. The second-order valence-corrected chi connectivity index (χ2v) is 4.67. The van der Waals surface area contributed by atoms with Crippen LogP contribution in [0, 0.1) is 18.3 Å². The third kappa shape index (κ3) is 3.76. The van der Waals surface area contributed by atoms with Crippen LogP contribution in [-0.4, -0.2) is 19.1 Å². The van der Waals surface area contributed by atoms with Crippen molar-refractivity contribution >= 4 is 5.69 Å². The van der Waals surface area contributed by atoms with Crippen molar-refractivity contribution in [3.05, 3.63) is 29.3 Å². The van der Waals surface area contributed by atoms with Crippen LogP contribution in [0.4, 0.5) is 5.69 Å². The molecular weight excluding hydrogens is 210 g/mol. The maximum absolute atomic E-state index is 8.99. The number of rotatable bonds is 6. The van der Waals surface area contributed by atoms with Crippen LogP contribution in [0.15, 0.2) is 18.2 Å². The minimum atomic E-state index is 0.728. The predicted octanol–water partition coefficient (Wildman–Crippen LogP) is 2.42. The molecule has 0 saturated heterocycles. The van der Waals surface area contributed by atoms with Crippen LogP contribution in [0.1, 0.15) is 30.4 Å². The van der Waals surface area contributed by atoms with Gasteiger partial charge in [-0.05, 0) is 50.4 Å². The molecule has 0 aromatic heterocycles. The molecule has 1 fully saturated rings. The number of hydrogen-bond acceptors (Lipinski definition) is 3. The van der Waals surface area contributed by atoms with Crippen molar-refractivity contribution in [2.45, 2.75) is 32.2 Å². The van der Waals surface area contributed by atoms with E-state index in [0.717, 1.165) is 36.8 Å². The zero-order valence-corrected chi connectivity index (χ0v) is 10.3. The Morgan fingerprint density at radius 3 is 2.88 bits per heavy atom. The van der Waals surface area contributed by atoms with Crippen molar-refractivity contribution in [1.82, 2.24) is 5.32 Å². The van der Waals surface area contributed by atoms with E-state index in [-0.39, 0.29) is 0 Å². The molecule has 90 valence electrons. The smallest absolute Gasteiger partial charge is 0.101 e. The lowest BCUT2D eigenvalue weighted by atomic mass is 10.1. The highest BCUT2D eigenvalue weighted by Gasteiger charge is 2.19. The highest BCUT2D eigenvalue weighted by atomic mass is 15.0. The van der Waals surface area contributed by atoms with Crippen LogP contribution < -0.4 is 10.6 Å². The number of hydrogen-bond donors (Lipinski definition) is 2. The molecule has 2 N–H and O–H groups in total. The summed E-state index contributed by atoms with van der Waals surface area (Å²) in [4.78, 5) is 0. The van der Waals surface area contributed by atoms with E-state index < -0.39 is 0 Å². The van der Waals surface area contributed by atoms with Crippen LogP contribution in [-0.2, 0) is 0 Å². The molecule has 3 heteroatoms. The number of nitrogens with one attached hydrogen (secondary N) is 2. The fraction of sp³-hybridized carbons (Fsp3) is 0.500. The summed E-state index contributed by atoms with van der Waals surface area (Å²) >= 11 is 0. The summed E-state index contributed by atoms with van der Waals surface area (Å²) in [5.74, 6) is 0. The number of nitriles is 1. The predicted molar refractivity (Wildman–Crippen MR) is 70.0 cm³/mol. The first kappa shape index (κ1) is 11.9. The first-order valence-corrected chi connectivity index (χ1v) is 6.27. The van der Waals surface area contributed by atoms with Gasteiger partial charge in [0.15, 0.2) is 0 Å². The molecule has 1 saturated carbocycles. The van der Waals surface area contributed by atoms with Gasteiger partial charge in [-0.3, -0.25) is 0 Å². The van der Waals surface area contributed by atoms with Gasteiger partial charge in [-0.1, -0.05) is 6.07 Å². The SMILES string of the molecule is Cc1ccc(C#N)c(NCCCNC2CC2)c1. The summed E-state index contributed by atoms with van der Waals surface area (Å²) in [5, 5.41) is 15.8. The minimum Gasteiger partial charge on any atom is -0.384 e. The Balaban J connectivity index is 1.76. The molecule has 0 unspecified atom stereocenters. The molecule has 3 nitrogen and oxygen atoms in total. The molecule has 1 aromatic carbocycles. The first-order valence-electron chi connectivity index (χ1n) is 6.27. The fourth-order valence-corrected chi connectivity index (χ4v) is 1.81. The van der Waals surface area contributed by atoms with E-state index in [4.69, 9.17) is 5.26 Å². The summed E-state index contributed by atoms with van der Waals surface area (Å²) in [6, 6.07) is 8.88. The van der Waals surface area contributed by atoms with E-state index in [1.54, 1.807) is 0 Å². The first-order chi connectivity index (χ1) is 8.29. The van der Waals surface area contributed by atoms with Crippen molar-refractivity contribution < 1.29 is 0 Å². The standard InChI is InChI=1S/C14H19N3/c1-11-3-4-12(10-15)14(9-11)17-8-2-7-16-13-5-6-13/h3-4,9,13,16-17H,2,5-8H2,1H3. The number of anilines is 1. The average Bonchev–Trinajstić information content (AvgIpc) is 3.13. The van der Waals surface area contributed by atoms with Crippen LogP contribution in [0.3, 0.4) is 0 Å². The Morgan fingerprint density at radius 1 is 1.35 bits per heavy atom. The molecule has 0 bridgehead atoms. The molecule has 0 atom stereocenters. The Hall–Kier alpha value is -1.53. The number of aryl methyl sites for hydroxylation is 1. The maximum atomic E-state index is 8.99. The third-order valence-corrected chi connectivity index (χ3v) is 2.97. The molecule has 1 aliphatic carbocycles. The number of nitrogens with zero attached hydrogens (tertiary/aromatic N) is 1. The monoisotopic (exact) mass is 229 g/mol. The van der Waals surface area contributed by atoms with E-state index in [9.17, 15) is 0 Å². The van der Waals surface area contributed by atoms with Gasteiger partial charge in [0, 0.05) is 12.6 Å². The lowest BCUT2D eigenvalue weighted by molar-refractivity contribution is 0.659. The zero-order chi connectivity index (χ0) is 12.1. The van der Waals surface area contributed by atoms with Gasteiger partial charge in [0.05, 0.1) is 11.3 Å². The summed E-state index contributed by atoms with van der Waals surface area (Å²) in [6.07, 6.45) is 3.77. The Labute approximate surface area is 103 Å². The van der Waals surface area contributed by atoms with E-state index in [0.29, 0.717) is 0 Å². The maximum Gasteiger partial charge on any atom is 0.101 e. The van der Waals surface area contributed by atoms with E-state index >= 15 is 0 Å². The van der Waals surface area contributed by atoms with Gasteiger partial charge in [0.1, 0.15) is 6.07 Å². The van der Waals surface area contributed by atoms with Crippen LogP contribution in [0.25, 0.3) is 0 Å². The minimum absolute atomic E-state index is 0.728. The molecule has 17 heavy (non-hydrogen) atoms. The third-order valence-electron chi connectivity index (χ3n) is 2.97. The zero-order valence-electron chi connectivity index (χ0n) is 10.3. The Kier molecular flexibility index (Phi) is 4.00. The summed E-state index contributed by atoms with van der Waals surface area (Å²) in [6.45, 7) is 4.02. The highest BCUT2D eigenvalue weighted by Crippen LogP contribution is 2.18. The van der Waals surface area contributed by atoms with E-state index in [2.05, 4.69) is 16.7 Å². The average molecular weight is 229 g/mol. The molecule has 0 amide bonds. The highest BCUT2D eigenvalue weighted by molar-refractivity contribution is 5.58. The number of benzene rings is 1. The van der Waals surface area contributed by atoms with Gasteiger partial charge in [-0.25, -0.2) is 0 Å². The van der Waals surface area contributed by atoms with E-state index in [1.807, 2.05) is 25.1 Å². The Morgan fingerprint density at radius 2 is 2.18 bits per heavy atom. The molecule has 0 aliphatic heterocycles. The normalized spacial score (nSPS) is 14.4. The molecule has 0 radical (unpaired) electrons. The van der Waals surface area contributed by atoms with Crippen molar-refractivity contribution in [2.75, 3.05) is 18.4 Å². The van der Waals surface area contributed by atoms with Crippen molar-refractivity contribution in [2.24, 2.45) is 0 Å². The van der Waals surface area contributed by atoms with Gasteiger partial charge in [0.2, 0.25) is 0 Å². The summed E-state index contributed by atoms with van der Waals surface area (Å²) in [7, 11) is 0. The second kappa shape index (κ2) is 5.70. The van der Waals surface area contributed by atoms with Crippen LogP contribution in [0.5, 0.6) is 0 Å². The van der Waals surface area contributed by atoms with Crippen molar-refractivity contribution in [1.29, 1.82) is 5.26 Å². The summed E-state index contributed by atoms with van der Waals surface area (Å²) < 4.78 is 0. The van der Waals surface area contributed by atoms with Crippen molar-refractivity contribution in [3.63, 3.8) is 0 Å². The topological polar surface area (TPSA) is 47.9 Å². The lowest BCUT2D eigenvalue weighted by Crippen LogP contribution is -2.20. The molecule has 0 spiro atoms. The van der Waals surface area contributed by atoms with Gasteiger partial charge in [-0.15, -0.1) is 0 Å².